The second-order valence-electron chi connectivity index (χ2n) is 3.60. The van der Waals surface area contributed by atoms with Gasteiger partial charge < -0.3 is 20.8 Å². The first-order chi connectivity index (χ1) is 7.11. The monoisotopic (exact) mass is 216 g/mol. The highest BCUT2D eigenvalue weighted by atomic mass is 16.4. The van der Waals surface area contributed by atoms with Crippen LogP contribution in [0.3, 0.4) is 0 Å². The molecule has 0 aromatic rings. The number of aliphatic carboxylic acids is 1. The van der Waals surface area contributed by atoms with Gasteiger partial charge in [0, 0.05) is 0 Å². The topological polar surface area (TPSA) is 98.7 Å². The quantitative estimate of drug-likeness (QED) is 0.467. The summed E-state index contributed by atoms with van der Waals surface area (Å²) in [6.45, 7) is 0.561. The molecule has 4 N–H and O–H groups in total. The zero-order valence-electron chi connectivity index (χ0n) is 8.40. The molecule has 0 bridgehead atoms. The molecule has 1 saturated heterocycles. The molecule has 1 aliphatic heterocycles. The maximum absolute atomic E-state index is 11.4. The van der Waals surface area contributed by atoms with E-state index in [1.54, 1.807) is 0 Å². The van der Waals surface area contributed by atoms with E-state index in [0.29, 0.717) is 0 Å². The number of piperidine rings is 1. The Morgan fingerprint density at radius 1 is 1.47 bits per heavy atom. The van der Waals surface area contributed by atoms with E-state index in [4.69, 9.17) is 10.2 Å². The van der Waals surface area contributed by atoms with E-state index < -0.39 is 12.1 Å². The molecule has 1 heterocycles. The second-order valence-corrected chi connectivity index (χ2v) is 3.60. The van der Waals surface area contributed by atoms with Crippen LogP contribution in [-0.2, 0) is 9.59 Å². The van der Waals surface area contributed by atoms with Crippen molar-refractivity contribution in [3.05, 3.63) is 0 Å². The van der Waals surface area contributed by atoms with Crippen molar-refractivity contribution < 1.29 is 19.8 Å². The van der Waals surface area contributed by atoms with Crippen LogP contribution in [0.1, 0.15) is 19.3 Å². The van der Waals surface area contributed by atoms with Crippen molar-refractivity contribution in [1.82, 2.24) is 10.6 Å². The highest BCUT2D eigenvalue weighted by Gasteiger charge is 2.21. The molecule has 1 aliphatic rings. The molecule has 0 aromatic heterocycles. The van der Waals surface area contributed by atoms with Crippen LogP contribution in [-0.4, -0.2) is 47.3 Å². The third-order valence-electron chi connectivity index (χ3n) is 2.38. The lowest BCUT2D eigenvalue weighted by atomic mass is 10.0. The molecular formula is C9H16N2O4. The van der Waals surface area contributed by atoms with Gasteiger partial charge in [0.05, 0.1) is 12.6 Å². The molecule has 0 aliphatic carbocycles. The van der Waals surface area contributed by atoms with Crippen molar-refractivity contribution in [1.29, 1.82) is 0 Å². The lowest BCUT2D eigenvalue weighted by Gasteiger charge is -2.22. The number of amides is 1. The SMILES string of the molecule is O=C(O)C(O)CNC(=O)C1CCCCN1. The molecule has 15 heavy (non-hydrogen) atoms. The van der Waals surface area contributed by atoms with E-state index in [2.05, 4.69) is 10.6 Å². The van der Waals surface area contributed by atoms with Gasteiger partial charge in [-0.15, -0.1) is 0 Å². The molecule has 1 rings (SSSR count). The summed E-state index contributed by atoms with van der Waals surface area (Å²) in [6, 6.07) is -0.250. The summed E-state index contributed by atoms with van der Waals surface area (Å²) in [4.78, 5) is 21.7. The maximum Gasteiger partial charge on any atom is 0.334 e. The zero-order chi connectivity index (χ0) is 11.3. The summed E-state index contributed by atoms with van der Waals surface area (Å²) in [5, 5.41) is 22.8. The Morgan fingerprint density at radius 3 is 2.73 bits per heavy atom. The fraction of sp³-hybridized carbons (Fsp3) is 0.778. The summed E-state index contributed by atoms with van der Waals surface area (Å²) >= 11 is 0. The van der Waals surface area contributed by atoms with E-state index in [-0.39, 0.29) is 18.5 Å². The van der Waals surface area contributed by atoms with Gasteiger partial charge in [0.2, 0.25) is 5.91 Å². The largest absolute Gasteiger partial charge is 0.479 e. The molecule has 0 radical (unpaired) electrons. The third-order valence-corrected chi connectivity index (χ3v) is 2.38. The predicted octanol–water partition coefficient (Wildman–Crippen LogP) is -1.31. The standard InChI is InChI=1S/C9H16N2O4/c12-7(9(14)15)5-11-8(13)6-3-1-2-4-10-6/h6-7,10,12H,1-5H2,(H,11,13)(H,14,15). The molecule has 2 unspecified atom stereocenters. The Morgan fingerprint density at radius 2 is 2.20 bits per heavy atom. The van der Waals surface area contributed by atoms with Gasteiger partial charge in [-0.25, -0.2) is 4.79 Å². The molecule has 0 aromatic carbocycles. The van der Waals surface area contributed by atoms with Gasteiger partial charge in [0.25, 0.3) is 0 Å². The summed E-state index contributed by atoms with van der Waals surface area (Å²) in [7, 11) is 0. The van der Waals surface area contributed by atoms with Crippen molar-refractivity contribution in [3.8, 4) is 0 Å². The van der Waals surface area contributed by atoms with Crippen molar-refractivity contribution >= 4 is 11.9 Å². The number of aliphatic hydroxyl groups excluding tert-OH is 1. The zero-order valence-corrected chi connectivity index (χ0v) is 8.40. The Bertz CT molecular complexity index is 238. The number of nitrogens with one attached hydrogen (secondary N) is 2. The minimum absolute atomic E-state index is 0.241. The first-order valence-corrected chi connectivity index (χ1v) is 5.03. The summed E-state index contributed by atoms with van der Waals surface area (Å²) in [5.74, 6) is -1.57. The molecule has 1 fully saturated rings. The van der Waals surface area contributed by atoms with Crippen LogP contribution >= 0.6 is 0 Å². The summed E-state index contributed by atoms with van der Waals surface area (Å²) in [5.41, 5.74) is 0. The molecule has 6 nitrogen and oxygen atoms in total. The Kier molecular flexibility index (Phi) is 4.51. The third kappa shape index (κ3) is 3.85. The van der Waals surface area contributed by atoms with E-state index in [9.17, 15) is 9.59 Å². The summed E-state index contributed by atoms with van der Waals surface area (Å²) < 4.78 is 0. The van der Waals surface area contributed by atoms with Gasteiger partial charge in [-0.1, -0.05) is 6.42 Å². The number of carbonyl (C=O) groups excluding carboxylic acids is 1. The molecule has 1 amide bonds. The Labute approximate surface area is 87.7 Å². The Hall–Kier alpha value is -1.14. The van der Waals surface area contributed by atoms with Gasteiger partial charge in [0.15, 0.2) is 6.10 Å². The van der Waals surface area contributed by atoms with Crippen molar-refractivity contribution in [2.45, 2.75) is 31.4 Å². The minimum atomic E-state index is -1.53. The van der Waals surface area contributed by atoms with E-state index in [1.165, 1.54) is 0 Å². The minimum Gasteiger partial charge on any atom is -0.479 e. The van der Waals surface area contributed by atoms with Gasteiger partial charge in [0.1, 0.15) is 0 Å². The molecule has 2 atom stereocenters. The van der Waals surface area contributed by atoms with Crippen molar-refractivity contribution in [2.75, 3.05) is 13.1 Å². The number of hydrogen-bond donors (Lipinski definition) is 4. The van der Waals surface area contributed by atoms with Gasteiger partial charge >= 0.3 is 5.97 Å². The first-order valence-electron chi connectivity index (χ1n) is 5.03. The van der Waals surface area contributed by atoms with Crippen LogP contribution in [0.4, 0.5) is 0 Å². The normalized spacial score (nSPS) is 23.1. The fourth-order valence-electron chi connectivity index (χ4n) is 1.48. The van der Waals surface area contributed by atoms with E-state index >= 15 is 0 Å². The number of aliphatic hydroxyl groups is 1. The molecule has 86 valence electrons. The average Bonchev–Trinajstić information content (AvgIpc) is 2.26. The number of hydrogen-bond acceptors (Lipinski definition) is 4. The predicted molar refractivity (Wildman–Crippen MR) is 52.3 cm³/mol. The number of rotatable bonds is 4. The number of carboxylic acid groups (broad SMARTS) is 1. The van der Waals surface area contributed by atoms with Crippen LogP contribution in [0.5, 0.6) is 0 Å². The van der Waals surface area contributed by atoms with Crippen LogP contribution < -0.4 is 10.6 Å². The highest BCUT2D eigenvalue weighted by molar-refractivity contribution is 5.82. The van der Waals surface area contributed by atoms with E-state index in [1.807, 2.05) is 0 Å². The molecular weight excluding hydrogens is 200 g/mol. The van der Waals surface area contributed by atoms with Crippen molar-refractivity contribution in [2.24, 2.45) is 0 Å². The van der Waals surface area contributed by atoms with Gasteiger partial charge in [-0.2, -0.15) is 0 Å². The smallest absolute Gasteiger partial charge is 0.334 e. The second kappa shape index (κ2) is 5.67. The van der Waals surface area contributed by atoms with E-state index in [0.717, 1.165) is 25.8 Å². The van der Waals surface area contributed by atoms with Crippen LogP contribution in [0.25, 0.3) is 0 Å². The van der Waals surface area contributed by atoms with Crippen LogP contribution in [0.2, 0.25) is 0 Å². The molecule has 0 spiro atoms. The van der Waals surface area contributed by atoms with Gasteiger partial charge in [-0.05, 0) is 19.4 Å². The highest BCUT2D eigenvalue weighted by Crippen LogP contribution is 2.06. The van der Waals surface area contributed by atoms with Crippen LogP contribution in [0.15, 0.2) is 0 Å². The fourth-order valence-corrected chi connectivity index (χ4v) is 1.48. The molecule has 6 heteroatoms. The van der Waals surface area contributed by atoms with Crippen molar-refractivity contribution in [3.63, 3.8) is 0 Å². The Balaban J connectivity index is 2.25. The number of carboxylic acids is 1. The lowest BCUT2D eigenvalue weighted by molar-refractivity contribution is -0.146. The first kappa shape index (κ1) is 11.9. The lowest BCUT2D eigenvalue weighted by Crippen LogP contribution is -2.49. The maximum atomic E-state index is 11.4. The average molecular weight is 216 g/mol. The van der Waals surface area contributed by atoms with Gasteiger partial charge in [-0.3, -0.25) is 4.79 Å². The van der Waals surface area contributed by atoms with Crippen LogP contribution in [0, 0.1) is 0 Å². The summed E-state index contributed by atoms with van der Waals surface area (Å²) in [6.07, 6.45) is 1.28. The molecule has 0 saturated carbocycles. The number of carbonyl (C=O) groups is 2.